The summed E-state index contributed by atoms with van der Waals surface area (Å²) in [7, 11) is 3.02. The number of carbonyl (C=O) groups excluding carboxylic acids is 1. The molecule has 2 rings (SSSR count). The lowest BCUT2D eigenvalue weighted by Crippen LogP contribution is -2.04. The van der Waals surface area contributed by atoms with Crippen LogP contribution in [0.15, 0.2) is 23.6 Å². The summed E-state index contributed by atoms with van der Waals surface area (Å²) in [6.45, 7) is 1.98. The largest absolute Gasteiger partial charge is 0.496 e. The number of hydrogen-bond donors (Lipinski definition) is 1. The number of aryl methyl sites for hydroxylation is 1. The second kappa shape index (κ2) is 6.38. The van der Waals surface area contributed by atoms with Crippen LogP contribution in [0.25, 0.3) is 0 Å². The highest BCUT2D eigenvalue weighted by molar-refractivity contribution is 7.13. The Hall–Kier alpha value is -2.08. The zero-order valence-corrected chi connectivity index (χ0v) is 12.4. The van der Waals surface area contributed by atoms with Crippen LogP contribution in [0.4, 0.5) is 10.8 Å². The minimum atomic E-state index is -0.290. The maximum absolute atomic E-state index is 11.2. The van der Waals surface area contributed by atoms with Gasteiger partial charge in [0.1, 0.15) is 5.75 Å². The molecule has 106 valence electrons. The Labute approximate surface area is 121 Å². The number of anilines is 2. The average Bonchev–Trinajstić information content (AvgIpc) is 2.86. The molecule has 0 aliphatic heterocycles. The number of esters is 1. The molecule has 0 radical (unpaired) electrons. The van der Waals surface area contributed by atoms with Crippen LogP contribution in [0.5, 0.6) is 5.75 Å². The van der Waals surface area contributed by atoms with Crippen LogP contribution in [0.1, 0.15) is 11.3 Å². The molecule has 0 aliphatic carbocycles. The summed E-state index contributed by atoms with van der Waals surface area (Å²) in [6.07, 6.45) is 0.191. The number of methoxy groups -OCH3 is 2. The van der Waals surface area contributed by atoms with Gasteiger partial charge in [-0.2, -0.15) is 0 Å². The van der Waals surface area contributed by atoms with Gasteiger partial charge in [-0.1, -0.05) is 0 Å². The van der Waals surface area contributed by atoms with E-state index in [4.69, 9.17) is 4.74 Å². The number of rotatable bonds is 5. The lowest BCUT2D eigenvalue weighted by Gasteiger charge is -2.07. The van der Waals surface area contributed by atoms with Crippen molar-refractivity contribution in [1.82, 2.24) is 4.98 Å². The monoisotopic (exact) mass is 292 g/mol. The first-order valence-electron chi connectivity index (χ1n) is 6.05. The highest BCUT2D eigenvalue weighted by Crippen LogP contribution is 2.25. The fourth-order valence-corrected chi connectivity index (χ4v) is 2.48. The number of ether oxygens (including phenoxy) is 2. The molecule has 0 aliphatic rings. The summed E-state index contributed by atoms with van der Waals surface area (Å²) >= 11 is 1.45. The van der Waals surface area contributed by atoms with E-state index in [1.165, 1.54) is 18.4 Å². The van der Waals surface area contributed by atoms with E-state index in [1.54, 1.807) is 7.11 Å². The third-order valence-corrected chi connectivity index (χ3v) is 3.56. The molecule has 20 heavy (non-hydrogen) atoms. The van der Waals surface area contributed by atoms with Crippen molar-refractivity contribution in [3.8, 4) is 5.75 Å². The fraction of sp³-hybridized carbons (Fsp3) is 0.286. The maximum Gasteiger partial charge on any atom is 0.311 e. The highest BCUT2D eigenvalue weighted by Gasteiger charge is 2.08. The van der Waals surface area contributed by atoms with Gasteiger partial charge < -0.3 is 14.8 Å². The highest BCUT2D eigenvalue weighted by atomic mass is 32.1. The molecule has 0 fully saturated rings. The first-order chi connectivity index (χ1) is 9.62. The summed E-state index contributed by atoms with van der Waals surface area (Å²) in [5, 5.41) is 5.79. The molecule has 1 N–H and O–H groups in total. The van der Waals surface area contributed by atoms with Gasteiger partial charge in [-0.25, -0.2) is 4.98 Å². The van der Waals surface area contributed by atoms with Crippen molar-refractivity contribution < 1.29 is 14.3 Å². The number of nitrogens with zero attached hydrogens (tertiary/aromatic N) is 1. The Morgan fingerprint density at radius 3 is 2.85 bits per heavy atom. The summed E-state index contributed by atoms with van der Waals surface area (Å²) in [6, 6.07) is 5.81. The summed E-state index contributed by atoms with van der Waals surface area (Å²) in [4.78, 5) is 15.5. The minimum absolute atomic E-state index is 0.191. The second-order valence-electron chi connectivity index (χ2n) is 4.21. The standard InChI is InChI=1S/C14H16N2O3S/c1-9-6-10(4-5-12(9)18-2)15-14-16-11(8-20-14)7-13(17)19-3/h4-6,8H,7H2,1-3H3,(H,15,16). The van der Waals surface area contributed by atoms with E-state index < -0.39 is 0 Å². The van der Waals surface area contributed by atoms with E-state index in [1.807, 2.05) is 30.5 Å². The Kier molecular flexibility index (Phi) is 4.57. The molecule has 0 saturated heterocycles. The number of thiazole rings is 1. The van der Waals surface area contributed by atoms with Gasteiger partial charge in [0, 0.05) is 11.1 Å². The van der Waals surface area contributed by atoms with E-state index >= 15 is 0 Å². The lowest BCUT2D eigenvalue weighted by atomic mass is 10.2. The zero-order valence-electron chi connectivity index (χ0n) is 11.6. The zero-order chi connectivity index (χ0) is 14.5. The smallest absolute Gasteiger partial charge is 0.311 e. The van der Waals surface area contributed by atoms with Crippen LogP contribution in [-0.2, 0) is 16.0 Å². The molecular weight excluding hydrogens is 276 g/mol. The molecule has 5 nitrogen and oxygen atoms in total. The van der Waals surface area contributed by atoms with Gasteiger partial charge in [0.25, 0.3) is 0 Å². The normalized spacial score (nSPS) is 10.2. The predicted molar refractivity (Wildman–Crippen MR) is 78.8 cm³/mol. The van der Waals surface area contributed by atoms with Gasteiger partial charge in [0.05, 0.1) is 26.3 Å². The van der Waals surface area contributed by atoms with E-state index in [2.05, 4.69) is 15.0 Å². The second-order valence-corrected chi connectivity index (χ2v) is 5.06. The van der Waals surface area contributed by atoms with Crippen LogP contribution >= 0.6 is 11.3 Å². The van der Waals surface area contributed by atoms with Gasteiger partial charge in [-0.05, 0) is 30.7 Å². The first kappa shape index (κ1) is 14.3. The summed E-state index contributed by atoms with van der Waals surface area (Å²) in [5.74, 6) is 0.559. The topological polar surface area (TPSA) is 60.5 Å². The van der Waals surface area contributed by atoms with E-state index in [0.29, 0.717) is 5.69 Å². The number of aromatic nitrogens is 1. The molecule has 0 bridgehead atoms. The average molecular weight is 292 g/mol. The SMILES string of the molecule is COC(=O)Cc1csc(Nc2ccc(OC)c(C)c2)n1. The van der Waals surface area contributed by atoms with Crippen LogP contribution in [0, 0.1) is 6.92 Å². The summed E-state index contributed by atoms with van der Waals surface area (Å²) < 4.78 is 9.83. The Morgan fingerprint density at radius 2 is 2.20 bits per heavy atom. The Morgan fingerprint density at radius 1 is 1.40 bits per heavy atom. The molecular formula is C14H16N2O3S. The Bertz CT molecular complexity index is 610. The molecule has 0 amide bonds. The van der Waals surface area contributed by atoms with Crippen molar-refractivity contribution in [3.63, 3.8) is 0 Å². The number of carbonyl (C=O) groups is 1. The van der Waals surface area contributed by atoms with Crippen LogP contribution < -0.4 is 10.1 Å². The fourth-order valence-electron chi connectivity index (χ4n) is 1.75. The van der Waals surface area contributed by atoms with E-state index in [-0.39, 0.29) is 12.4 Å². The number of benzene rings is 1. The third-order valence-electron chi connectivity index (χ3n) is 2.75. The van der Waals surface area contributed by atoms with Crippen LogP contribution in [-0.4, -0.2) is 25.2 Å². The van der Waals surface area contributed by atoms with Crippen LogP contribution in [0.2, 0.25) is 0 Å². The van der Waals surface area contributed by atoms with E-state index in [9.17, 15) is 4.79 Å². The summed E-state index contributed by atoms with van der Waals surface area (Å²) in [5.41, 5.74) is 2.68. The lowest BCUT2D eigenvalue weighted by molar-refractivity contribution is -0.139. The number of hydrogen-bond acceptors (Lipinski definition) is 6. The minimum Gasteiger partial charge on any atom is -0.496 e. The van der Waals surface area contributed by atoms with Gasteiger partial charge in [-0.15, -0.1) is 11.3 Å². The van der Waals surface area contributed by atoms with Crippen LogP contribution in [0.3, 0.4) is 0 Å². The molecule has 1 aromatic carbocycles. The molecule has 2 aromatic rings. The molecule has 0 spiro atoms. The van der Waals surface area contributed by atoms with Crippen molar-refractivity contribution in [2.24, 2.45) is 0 Å². The van der Waals surface area contributed by atoms with Crippen molar-refractivity contribution in [1.29, 1.82) is 0 Å². The van der Waals surface area contributed by atoms with Crippen molar-refractivity contribution in [2.45, 2.75) is 13.3 Å². The molecule has 1 aromatic heterocycles. The van der Waals surface area contributed by atoms with Gasteiger partial charge in [0.2, 0.25) is 0 Å². The van der Waals surface area contributed by atoms with Crippen molar-refractivity contribution in [3.05, 3.63) is 34.8 Å². The first-order valence-corrected chi connectivity index (χ1v) is 6.93. The van der Waals surface area contributed by atoms with Crippen molar-refractivity contribution in [2.75, 3.05) is 19.5 Å². The molecule has 6 heteroatoms. The third kappa shape index (κ3) is 3.48. The van der Waals surface area contributed by atoms with Gasteiger partial charge >= 0.3 is 5.97 Å². The van der Waals surface area contributed by atoms with E-state index in [0.717, 1.165) is 22.1 Å². The Balaban J connectivity index is 2.06. The molecule has 0 unspecified atom stereocenters. The maximum atomic E-state index is 11.2. The van der Waals surface area contributed by atoms with Gasteiger partial charge in [-0.3, -0.25) is 4.79 Å². The van der Waals surface area contributed by atoms with Gasteiger partial charge in [0.15, 0.2) is 5.13 Å². The predicted octanol–water partition coefficient (Wildman–Crippen LogP) is 2.92. The van der Waals surface area contributed by atoms with Crippen molar-refractivity contribution >= 4 is 28.1 Å². The molecule has 0 atom stereocenters. The number of nitrogens with one attached hydrogen (secondary N) is 1. The molecule has 0 saturated carbocycles. The molecule has 1 heterocycles. The quantitative estimate of drug-likeness (QED) is 0.859.